The summed E-state index contributed by atoms with van der Waals surface area (Å²) < 4.78 is 24.9. The largest absolute Gasteiger partial charge is 0.451 e. The summed E-state index contributed by atoms with van der Waals surface area (Å²) >= 11 is 0. The molecule has 0 aliphatic carbocycles. The van der Waals surface area contributed by atoms with Crippen molar-refractivity contribution in [3.8, 4) is 0 Å². The number of furan rings is 1. The summed E-state index contributed by atoms with van der Waals surface area (Å²) in [6, 6.07) is 13.7. The number of hydrogen-bond acceptors (Lipinski definition) is 4. The molecule has 1 aliphatic heterocycles. The van der Waals surface area contributed by atoms with Gasteiger partial charge in [0, 0.05) is 37.7 Å². The molecule has 1 aromatic heterocycles. The third-order valence-corrected chi connectivity index (χ3v) is 4.92. The van der Waals surface area contributed by atoms with Crippen LogP contribution in [0.3, 0.4) is 0 Å². The molecule has 2 heterocycles. The van der Waals surface area contributed by atoms with Crippen LogP contribution in [0.5, 0.6) is 0 Å². The van der Waals surface area contributed by atoms with Gasteiger partial charge >= 0.3 is 0 Å². The normalized spacial score (nSPS) is 16.8. The maximum absolute atomic E-state index is 13.7. The van der Waals surface area contributed by atoms with E-state index >= 15 is 0 Å². The molecular formula is C21H22ClFN2O3. The van der Waals surface area contributed by atoms with E-state index in [1.54, 1.807) is 18.1 Å². The molecule has 1 fully saturated rings. The number of fused-ring (bicyclic) bond motifs is 1. The summed E-state index contributed by atoms with van der Waals surface area (Å²) in [7, 11) is 1.59. The molecule has 0 saturated carbocycles. The fraction of sp³-hybridized carbons (Fsp3) is 0.286. The van der Waals surface area contributed by atoms with Crippen molar-refractivity contribution >= 4 is 29.3 Å². The molecule has 4 rings (SSSR count). The second-order valence-electron chi connectivity index (χ2n) is 6.61. The molecule has 0 bridgehead atoms. The van der Waals surface area contributed by atoms with Gasteiger partial charge in [0.15, 0.2) is 5.76 Å². The van der Waals surface area contributed by atoms with Gasteiger partial charge in [-0.2, -0.15) is 0 Å². The fourth-order valence-corrected chi connectivity index (χ4v) is 3.65. The summed E-state index contributed by atoms with van der Waals surface area (Å²) in [5.41, 5.74) is 2.17. The lowest BCUT2D eigenvalue weighted by Gasteiger charge is -2.36. The number of carbonyl (C=O) groups is 1. The van der Waals surface area contributed by atoms with Crippen molar-refractivity contribution in [3.63, 3.8) is 0 Å². The topological polar surface area (TPSA) is 54.7 Å². The summed E-state index contributed by atoms with van der Waals surface area (Å²) in [5.74, 6) is -0.218. The van der Waals surface area contributed by atoms with Crippen LogP contribution in [0.1, 0.15) is 27.7 Å². The highest BCUT2D eigenvalue weighted by Crippen LogP contribution is 2.31. The summed E-state index contributed by atoms with van der Waals surface area (Å²) in [6.07, 6.45) is 0. The number of hydrogen-bond donors (Lipinski definition) is 1. The summed E-state index contributed by atoms with van der Waals surface area (Å²) in [5, 5.41) is 4.16. The monoisotopic (exact) mass is 404 g/mol. The van der Waals surface area contributed by atoms with Gasteiger partial charge in [0.2, 0.25) is 0 Å². The number of benzene rings is 2. The van der Waals surface area contributed by atoms with E-state index in [1.807, 2.05) is 30.3 Å². The lowest BCUT2D eigenvalue weighted by Crippen LogP contribution is -2.48. The number of nitrogens with one attached hydrogen (secondary N) is 1. The van der Waals surface area contributed by atoms with E-state index in [1.165, 1.54) is 12.1 Å². The van der Waals surface area contributed by atoms with Crippen LogP contribution in [-0.4, -0.2) is 37.6 Å². The van der Waals surface area contributed by atoms with E-state index in [0.29, 0.717) is 31.0 Å². The number of para-hydroxylation sites is 1. The predicted molar refractivity (Wildman–Crippen MR) is 107 cm³/mol. The van der Waals surface area contributed by atoms with Gasteiger partial charge in [-0.3, -0.25) is 4.79 Å². The number of methoxy groups -OCH3 is 1. The van der Waals surface area contributed by atoms with Crippen molar-refractivity contribution in [2.45, 2.75) is 12.6 Å². The number of halogens is 2. The Morgan fingerprint density at radius 2 is 2.11 bits per heavy atom. The van der Waals surface area contributed by atoms with Crippen molar-refractivity contribution < 1.29 is 18.3 Å². The molecule has 1 saturated heterocycles. The minimum atomic E-state index is -0.311. The van der Waals surface area contributed by atoms with E-state index < -0.39 is 0 Å². The first-order valence-electron chi connectivity index (χ1n) is 8.95. The van der Waals surface area contributed by atoms with Crippen molar-refractivity contribution in [3.05, 3.63) is 71.2 Å². The molecule has 7 heteroatoms. The van der Waals surface area contributed by atoms with Gasteiger partial charge in [-0.05, 0) is 23.8 Å². The van der Waals surface area contributed by atoms with E-state index in [9.17, 15) is 9.18 Å². The standard InChI is InChI=1S/C21H21FN2O3.ClH/c1-26-13-17-16-7-2-3-8-19(16)27-20(17)21(25)24-10-9-23-12-18(24)14-5-4-6-15(22)11-14;/h2-8,11,18,23H,9-10,12-13H2,1H3;1H. The van der Waals surface area contributed by atoms with Crippen molar-refractivity contribution in [2.24, 2.45) is 0 Å². The number of nitrogens with zero attached hydrogens (tertiary/aromatic N) is 1. The molecule has 28 heavy (non-hydrogen) atoms. The molecule has 1 N–H and O–H groups in total. The van der Waals surface area contributed by atoms with Gasteiger partial charge in [-0.25, -0.2) is 4.39 Å². The van der Waals surface area contributed by atoms with Crippen molar-refractivity contribution in [1.29, 1.82) is 0 Å². The minimum absolute atomic E-state index is 0. The molecule has 1 amide bonds. The van der Waals surface area contributed by atoms with Crippen LogP contribution in [0.15, 0.2) is 52.9 Å². The van der Waals surface area contributed by atoms with Crippen LogP contribution in [0.2, 0.25) is 0 Å². The molecule has 2 aromatic carbocycles. The lowest BCUT2D eigenvalue weighted by molar-refractivity contribution is 0.0597. The van der Waals surface area contributed by atoms with Gasteiger partial charge < -0.3 is 19.4 Å². The molecule has 1 atom stereocenters. The average molecular weight is 405 g/mol. The van der Waals surface area contributed by atoms with Crippen LogP contribution in [0.4, 0.5) is 4.39 Å². The van der Waals surface area contributed by atoms with Crippen molar-refractivity contribution in [1.82, 2.24) is 10.2 Å². The van der Waals surface area contributed by atoms with E-state index in [2.05, 4.69) is 5.32 Å². The summed E-state index contributed by atoms with van der Waals surface area (Å²) in [4.78, 5) is 15.1. The van der Waals surface area contributed by atoms with Crippen LogP contribution < -0.4 is 5.32 Å². The number of amides is 1. The second-order valence-corrected chi connectivity index (χ2v) is 6.61. The van der Waals surface area contributed by atoms with Crippen LogP contribution >= 0.6 is 12.4 Å². The predicted octanol–water partition coefficient (Wildman–Crippen LogP) is 3.93. The summed E-state index contributed by atoms with van der Waals surface area (Å²) in [6.45, 7) is 2.05. The number of rotatable bonds is 4. The zero-order chi connectivity index (χ0) is 18.8. The van der Waals surface area contributed by atoms with E-state index in [-0.39, 0.29) is 36.8 Å². The van der Waals surface area contributed by atoms with E-state index in [0.717, 1.165) is 16.5 Å². The zero-order valence-corrected chi connectivity index (χ0v) is 16.3. The van der Waals surface area contributed by atoms with Crippen LogP contribution in [-0.2, 0) is 11.3 Å². The zero-order valence-electron chi connectivity index (χ0n) is 15.5. The molecule has 1 aliphatic rings. The Kier molecular flexibility index (Phi) is 6.34. The average Bonchev–Trinajstić information content (AvgIpc) is 3.06. The molecule has 5 nitrogen and oxygen atoms in total. The Bertz CT molecular complexity index is 975. The third-order valence-electron chi connectivity index (χ3n) is 4.92. The fourth-order valence-electron chi connectivity index (χ4n) is 3.65. The first-order valence-corrected chi connectivity index (χ1v) is 8.95. The van der Waals surface area contributed by atoms with Gasteiger partial charge in [-0.1, -0.05) is 30.3 Å². The van der Waals surface area contributed by atoms with Crippen molar-refractivity contribution in [2.75, 3.05) is 26.7 Å². The maximum atomic E-state index is 13.7. The van der Waals surface area contributed by atoms with Gasteiger partial charge in [0.1, 0.15) is 11.4 Å². The SMILES string of the molecule is COCc1c(C(=O)N2CCNCC2c2cccc(F)c2)oc2ccccc12.Cl. The first-order chi connectivity index (χ1) is 13.2. The molecule has 148 valence electrons. The lowest BCUT2D eigenvalue weighted by atomic mass is 10.0. The number of piperazine rings is 1. The van der Waals surface area contributed by atoms with Crippen LogP contribution in [0.25, 0.3) is 11.0 Å². The number of ether oxygens (including phenoxy) is 1. The maximum Gasteiger partial charge on any atom is 0.290 e. The van der Waals surface area contributed by atoms with E-state index in [4.69, 9.17) is 9.15 Å². The highest BCUT2D eigenvalue weighted by atomic mass is 35.5. The Hall–Kier alpha value is -2.41. The highest BCUT2D eigenvalue weighted by Gasteiger charge is 2.32. The number of carbonyl (C=O) groups excluding carboxylic acids is 1. The van der Waals surface area contributed by atoms with Gasteiger partial charge in [0.25, 0.3) is 5.91 Å². The van der Waals surface area contributed by atoms with Crippen LogP contribution in [0, 0.1) is 5.82 Å². The molecule has 0 radical (unpaired) electrons. The molecule has 3 aromatic rings. The Labute approximate surface area is 168 Å². The quantitative estimate of drug-likeness (QED) is 0.716. The van der Waals surface area contributed by atoms with Gasteiger partial charge in [-0.15, -0.1) is 12.4 Å². The first kappa shape index (κ1) is 20.3. The third kappa shape index (κ3) is 3.76. The second kappa shape index (κ2) is 8.73. The Balaban J connectivity index is 0.00000225. The van der Waals surface area contributed by atoms with Gasteiger partial charge in [0.05, 0.1) is 12.6 Å². The Morgan fingerprint density at radius 1 is 1.29 bits per heavy atom. The molecule has 1 unspecified atom stereocenters. The highest BCUT2D eigenvalue weighted by molar-refractivity contribution is 5.99. The smallest absolute Gasteiger partial charge is 0.290 e. The molecule has 0 spiro atoms. The minimum Gasteiger partial charge on any atom is -0.451 e. The molecular weight excluding hydrogens is 383 g/mol. The Morgan fingerprint density at radius 3 is 2.89 bits per heavy atom.